The number of hydrogen-bond donors (Lipinski definition) is 3. The maximum Gasteiger partial charge on any atom is 0.414 e. The second kappa shape index (κ2) is 11.7. The summed E-state index contributed by atoms with van der Waals surface area (Å²) in [5.74, 6) is -2.06. The quantitative estimate of drug-likeness (QED) is 0.340. The second-order valence-corrected chi connectivity index (χ2v) is 6.97. The van der Waals surface area contributed by atoms with Crippen molar-refractivity contribution in [3.8, 4) is 0 Å². The predicted molar refractivity (Wildman–Crippen MR) is 112 cm³/mol. The molecule has 1 atom stereocenters. The van der Waals surface area contributed by atoms with E-state index in [0.29, 0.717) is 13.1 Å². The summed E-state index contributed by atoms with van der Waals surface area (Å²) in [5, 5.41) is 12.0. The number of hydrogen-bond acceptors (Lipinski definition) is 7. The number of ether oxygens (including phenoxy) is 1. The van der Waals surface area contributed by atoms with Crippen LogP contribution in [0.4, 0.5) is 29.3 Å². The third-order valence-electron chi connectivity index (χ3n) is 4.66. The number of rotatable bonds is 10. The number of cyclic esters (lactones) is 1. The molecule has 32 heavy (non-hydrogen) atoms. The van der Waals surface area contributed by atoms with Gasteiger partial charge in [-0.2, -0.15) is 8.78 Å². The molecule has 1 aliphatic heterocycles. The Kier molecular flexibility index (Phi) is 9.28. The minimum absolute atomic E-state index is 0.0347. The number of hydroxylamine groups is 3. The lowest BCUT2D eigenvalue weighted by atomic mass is 10.2. The average molecular weight is 479 g/mol. The molecule has 0 bridgehead atoms. The van der Waals surface area contributed by atoms with Crippen molar-refractivity contribution in [3.05, 3.63) is 24.0 Å². The number of likely N-dealkylation sites (N-methyl/N-ethyl adjacent to an activating group) is 1. The third kappa shape index (κ3) is 6.34. The lowest BCUT2D eigenvalue weighted by Gasteiger charge is -2.28. The second-order valence-electron chi connectivity index (χ2n) is 6.58. The van der Waals surface area contributed by atoms with Crippen molar-refractivity contribution < 1.29 is 37.5 Å². The van der Waals surface area contributed by atoms with Gasteiger partial charge in [0.25, 0.3) is 5.91 Å². The summed E-state index contributed by atoms with van der Waals surface area (Å²) >= 11 is 4.89. The Hall–Kier alpha value is -2.84. The Morgan fingerprint density at radius 2 is 2.16 bits per heavy atom. The van der Waals surface area contributed by atoms with Crippen LogP contribution in [0.3, 0.4) is 0 Å². The van der Waals surface area contributed by atoms with Gasteiger partial charge < -0.3 is 15.0 Å². The summed E-state index contributed by atoms with van der Waals surface area (Å²) in [6.45, 7) is 2.49. The van der Waals surface area contributed by atoms with Gasteiger partial charge in [0.05, 0.1) is 38.1 Å². The van der Waals surface area contributed by atoms with Crippen molar-refractivity contribution in [3.63, 3.8) is 0 Å². The molecule has 0 aliphatic carbocycles. The van der Waals surface area contributed by atoms with E-state index in [-0.39, 0.29) is 36.1 Å². The minimum atomic E-state index is -3.17. The molecule has 0 radical (unpaired) electrons. The van der Waals surface area contributed by atoms with Gasteiger partial charge in [-0.1, -0.05) is 0 Å². The molecule has 1 saturated heterocycles. The van der Waals surface area contributed by atoms with Crippen molar-refractivity contribution in [1.29, 1.82) is 0 Å². The number of carbonyl (C=O) groups excluding carboxylic acids is 2. The van der Waals surface area contributed by atoms with E-state index < -0.39 is 30.3 Å². The monoisotopic (exact) mass is 479 g/mol. The molecule has 2 amide bonds. The van der Waals surface area contributed by atoms with Gasteiger partial charge in [-0.3, -0.25) is 19.7 Å². The summed E-state index contributed by atoms with van der Waals surface area (Å²) in [7, 11) is 1.37. The number of alkyl halides is 2. The molecule has 1 aromatic rings. The molecular formula is C18H24F3N5O5S. The number of benzene rings is 1. The zero-order valence-electron chi connectivity index (χ0n) is 17.4. The molecule has 0 saturated carbocycles. The number of anilines is 2. The fraction of sp³-hybridized carbons (Fsp3) is 0.500. The molecule has 1 fully saturated rings. The lowest BCUT2D eigenvalue weighted by molar-refractivity contribution is -0.132. The molecule has 0 unspecified atom stereocenters. The third-order valence-corrected chi connectivity index (χ3v) is 4.95. The molecule has 14 heteroatoms. The zero-order valence-corrected chi connectivity index (χ0v) is 18.2. The maximum absolute atomic E-state index is 14.9. The molecule has 2 rings (SSSR count). The van der Waals surface area contributed by atoms with Gasteiger partial charge in [0, 0.05) is 13.1 Å². The van der Waals surface area contributed by atoms with Crippen molar-refractivity contribution in [2.24, 2.45) is 0 Å². The van der Waals surface area contributed by atoms with Crippen LogP contribution in [0.15, 0.2) is 18.2 Å². The fourth-order valence-electron chi connectivity index (χ4n) is 3.04. The highest BCUT2D eigenvalue weighted by Crippen LogP contribution is 2.28. The van der Waals surface area contributed by atoms with Crippen molar-refractivity contribution in [2.75, 3.05) is 49.6 Å². The summed E-state index contributed by atoms with van der Waals surface area (Å²) in [4.78, 5) is 31.0. The van der Waals surface area contributed by atoms with Gasteiger partial charge in [0.2, 0.25) is 5.11 Å². The van der Waals surface area contributed by atoms with Crippen molar-refractivity contribution >= 4 is 40.7 Å². The van der Waals surface area contributed by atoms with Crippen molar-refractivity contribution in [2.45, 2.75) is 19.5 Å². The van der Waals surface area contributed by atoms with Crippen LogP contribution in [0.25, 0.3) is 0 Å². The van der Waals surface area contributed by atoms with E-state index in [1.54, 1.807) is 10.4 Å². The summed E-state index contributed by atoms with van der Waals surface area (Å²) in [6.07, 6.45) is -4.79. The molecule has 178 valence electrons. The van der Waals surface area contributed by atoms with E-state index in [1.807, 2.05) is 12.2 Å². The summed E-state index contributed by atoms with van der Waals surface area (Å²) in [6, 6.07) is 4.18. The predicted octanol–water partition coefficient (Wildman–Crippen LogP) is 1.49. The topological polar surface area (TPSA) is 107 Å². The van der Waals surface area contributed by atoms with E-state index >= 15 is 0 Å². The molecule has 0 spiro atoms. The average Bonchev–Trinajstić information content (AvgIpc) is 3.15. The molecule has 1 aromatic carbocycles. The van der Waals surface area contributed by atoms with E-state index in [9.17, 15) is 22.8 Å². The number of amides is 2. The fourth-order valence-corrected chi connectivity index (χ4v) is 3.21. The number of carbonyl (C=O) groups is 2. The van der Waals surface area contributed by atoms with Gasteiger partial charge in [0.15, 0.2) is 0 Å². The lowest BCUT2D eigenvalue weighted by Crippen LogP contribution is -2.42. The van der Waals surface area contributed by atoms with Crippen LogP contribution in [-0.2, 0) is 14.4 Å². The molecule has 3 N–H and O–H groups in total. The van der Waals surface area contributed by atoms with E-state index in [1.165, 1.54) is 24.3 Å². The molecular weight excluding hydrogens is 455 g/mol. The number of nitrogens with zero attached hydrogens (tertiary/aromatic N) is 3. The van der Waals surface area contributed by atoms with Crippen LogP contribution in [-0.4, -0.2) is 79.7 Å². The first-order valence-electron chi connectivity index (χ1n) is 9.56. The molecule has 1 aliphatic rings. The van der Waals surface area contributed by atoms with Crippen LogP contribution < -0.4 is 20.6 Å². The first kappa shape index (κ1) is 25.4. The van der Waals surface area contributed by atoms with E-state index in [4.69, 9.17) is 27.0 Å². The number of halogens is 3. The summed E-state index contributed by atoms with van der Waals surface area (Å²) < 4.78 is 44.4. The van der Waals surface area contributed by atoms with Gasteiger partial charge in [-0.05, 0) is 37.3 Å². The Morgan fingerprint density at radius 3 is 2.72 bits per heavy atom. The van der Waals surface area contributed by atoms with Crippen LogP contribution in [0.1, 0.15) is 6.92 Å². The van der Waals surface area contributed by atoms with Crippen LogP contribution in [0.2, 0.25) is 0 Å². The Bertz CT molecular complexity index is 834. The van der Waals surface area contributed by atoms with Crippen LogP contribution in [0.5, 0.6) is 0 Å². The minimum Gasteiger partial charge on any atom is -0.442 e. The highest BCUT2D eigenvalue weighted by molar-refractivity contribution is 7.80. The van der Waals surface area contributed by atoms with Gasteiger partial charge in [0.1, 0.15) is 11.9 Å². The van der Waals surface area contributed by atoms with Crippen molar-refractivity contribution in [1.82, 2.24) is 15.9 Å². The smallest absolute Gasteiger partial charge is 0.414 e. The molecule has 1 heterocycles. The largest absolute Gasteiger partial charge is 0.442 e. The van der Waals surface area contributed by atoms with Crippen LogP contribution in [0, 0.1) is 5.82 Å². The number of thiocarbonyl (C=S) groups is 1. The zero-order chi connectivity index (χ0) is 23.8. The summed E-state index contributed by atoms with van der Waals surface area (Å²) in [5.41, 5.74) is 2.29. The Labute approximate surface area is 187 Å². The Balaban J connectivity index is 2.04. The highest BCUT2D eigenvalue weighted by atomic mass is 32.1. The first-order valence-corrected chi connectivity index (χ1v) is 9.96. The standard InChI is InChI=1S/C18H24F3N5O5S/c1-3-24(6-7-26(30-2)17(32)23-29)14-5-4-11(8-13(14)19)25-10-12(31-18(25)28)9-22-16(27)15(20)21/h4-5,8,12,15,29H,3,6-7,9-10H2,1-2H3,(H,22,27)(H,23,32)/t12-/m0/s1. The maximum atomic E-state index is 14.9. The van der Waals surface area contributed by atoms with E-state index in [0.717, 1.165) is 11.0 Å². The SMILES string of the molecule is CCN(CCN(OC)C(=S)NO)c1ccc(N2C[C@H](CNC(=O)C(F)F)OC2=O)cc1F. The normalized spacial score (nSPS) is 15.5. The number of nitrogens with one attached hydrogen (secondary N) is 2. The Morgan fingerprint density at radius 1 is 1.44 bits per heavy atom. The van der Waals surface area contributed by atoms with Crippen LogP contribution >= 0.6 is 12.2 Å². The first-order chi connectivity index (χ1) is 15.2. The molecule has 10 nitrogen and oxygen atoms in total. The molecule has 0 aromatic heterocycles. The van der Waals surface area contributed by atoms with E-state index in [2.05, 4.69) is 0 Å². The van der Waals surface area contributed by atoms with Gasteiger partial charge >= 0.3 is 12.5 Å². The highest BCUT2D eigenvalue weighted by Gasteiger charge is 2.33. The van der Waals surface area contributed by atoms with Gasteiger partial charge in [-0.15, -0.1) is 0 Å². The van der Waals surface area contributed by atoms with Gasteiger partial charge in [-0.25, -0.2) is 19.7 Å².